The Hall–Kier alpha value is -2.21. The highest BCUT2D eigenvalue weighted by Crippen LogP contribution is 2.21. The van der Waals surface area contributed by atoms with Crippen LogP contribution in [0.4, 0.5) is 5.13 Å². The third-order valence-electron chi connectivity index (χ3n) is 4.35. The first kappa shape index (κ1) is 19.1. The zero-order chi connectivity index (χ0) is 18.6. The minimum Gasteiger partial charge on any atom is -0.327 e. The molecule has 1 unspecified atom stereocenters. The lowest BCUT2D eigenvalue weighted by molar-refractivity contribution is -0.117. The van der Waals surface area contributed by atoms with Gasteiger partial charge in [-0.05, 0) is 45.7 Å². The molecule has 0 aliphatic heterocycles. The topological polar surface area (TPSA) is 62.3 Å². The minimum absolute atomic E-state index is 0.0137. The van der Waals surface area contributed by atoms with E-state index in [1.165, 1.54) is 11.3 Å². The van der Waals surface area contributed by atoms with Crippen LogP contribution in [0.5, 0.6) is 0 Å². The zero-order valence-electron chi connectivity index (χ0n) is 15.4. The number of amides is 2. The van der Waals surface area contributed by atoms with E-state index in [1.54, 1.807) is 11.0 Å². The lowest BCUT2D eigenvalue weighted by atomic mass is 10.1. The molecule has 0 radical (unpaired) electrons. The van der Waals surface area contributed by atoms with Gasteiger partial charge in [0, 0.05) is 16.5 Å². The largest absolute Gasteiger partial charge is 0.327 e. The molecule has 1 N–H and O–H groups in total. The average molecular weight is 359 g/mol. The monoisotopic (exact) mass is 359 g/mol. The maximum Gasteiger partial charge on any atom is 0.254 e. The Morgan fingerprint density at radius 1 is 1.24 bits per heavy atom. The molecule has 5 nitrogen and oxygen atoms in total. The number of thiazole rings is 1. The number of nitrogens with one attached hydrogen (secondary N) is 1. The summed E-state index contributed by atoms with van der Waals surface area (Å²) >= 11 is 1.44. The molecule has 0 saturated heterocycles. The summed E-state index contributed by atoms with van der Waals surface area (Å²) in [6.07, 6.45) is 0.778. The number of aromatic nitrogens is 1. The van der Waals surface area contributed by atoms with Crippen molar-refractivity contribution < 1.29 is 9.59 Å². The van der Waals surface area contributed by atoms with E-state index in [4.69, 9.17) is 0 Å². The SMILES string of the molecule is CCC(C)N(CC(=O)Nc1nc(C)c(C)s1)C(=O)c1ccccc1C. The number of rotatable bonds is 6. The molecule has 0 spiro atoms. The molecule has 2 rings (SSSR count). The average Bonchev–Trinajstić information content (AvgIpc) is 2.89. The molecule has 0 fully saturated rings. The quantitative estimate of drug-likeness (QED) is 0.849. The van der Waals surface area contributed by atoms with Crippen molar-refractivity contribution in [2.24, 2.45) is 0 Å². The summed E-state index contributed by atoms with van der Waals surface area (Å²) in [5.74, 6) is -0.343. The normalized spacial score (nSPS) is 11.9. The van der Waals surface area contributed by atoms with Crippen LogP contribution in [0.25, 0.3) is 0 Å². The molecule has 0 bridgehead atoms. The number of nitrogens with zero attached hydrogens (tertiary/aromatic N) is 2. The summed E-state index contributed by atoms with van der Waals surface area (Å²) in [6, 6.07) is 7.43. The summed E-state index contributed by atoms with van der Waals surface area (Å²) in [5.41, 5.74) is 2.46. The first-order valence-electron chi connectivity index (χ1n) is 8.44. The van der Waals surface area contributed by atoms with Gasteiger partial charge in [-0.1, -0.05) is 25.1 Å². The van der Waals surface area contributed by atoms with Crippen LogP contribution >= 0.6 is 11.3 Å². The van der Waals surface area contributed by atoms with Gasteiger partial charge in [0.15, 0.2) is 5.13 Å². The molecule has 25 heavy (non-hydrogen) atoms. The predicted molar refractivity (Wildman–Crippen MR) is 102 cm³/mol. The Bertz CT molecular complexity index is 750. The van der Waals surface area contributed by atoms with E-state index in [0.717, 1.165) is 22.6 Å². The molecule has 6 heteroatoms. The first-order valence-corrected chi connectivity index (χ1v) is 9.25. The molecule has 2 aromatic rings. The van der Waals surface area contributed by atoms with Crippen molar-refractivity contribution in [3.05, 3.63) is 46.0 Å². The van der Waals surface area contributed by atoms with Crippen molar-refractivity contribution in [1.82, 2.24) is 9.88 Å². The number of aryl methyl sites for hydroxylation is 3. The van der Waals surface area contributed by atoms with Crippen LogP contribution in [-0.4, -0.2) is 34.3 Å². The maximum atomic E-state index is 12.9. The van der Waals surface area contributed by atoms with Crippen molar-refractivity contribution in [1.29, 1.82) is 0 Å². The number of carbonyl (C=O) groups excluding carboxylic acids is 2. The van der Waals surface area contributed by atoms with Gasteiger partial charge in [0.05, 0.1) is 5.69 Å². The van der Waals surface area contributed by atoms with Gasteiger partial charge in [-0.3, -0.25) is 9.59 Å². The highest BCUT2D eigenvalue weighted by Gasteiger charge is 2.24. The van der Waals surface area contributed by atoms with E-state index >= 15 is 0 Å². The molecule has 2 amide bonds. The van der Waals surface area contributed by atoms with Crippen molar-refractivity contribution in [2.75, 3.05) is 11.9 Å². The number of benzene rings is 1. The number of anilines is 1. The number of hydrogen-bond donors (Lipinski definition) is 1. The summed E-state index contributed by atoms with van der Waals surface area (Å²) in [6.45, 7) is 9.77. The van der Waals surface area contributed by atoms with Gasteiger partial charge in [-0.2, -0.15) is 0 Å². The molecular weight excluding hydrogens is 334 g/mol. The van der Waals surface area contributed by atoms with Crippen LogP contribution in [0.1, 0.15) is 46.8 Å². The Labute approximate surface area is 153 Å². The predicted octanol–water partition coefficient (Wildman–Crippen LogP) is 3.95. The van der Waals surface area contributed by atoms with Crippen LogP contribution < -0.4 is 5.32 Å². The Morgan fingerprint density at radius 2 is 1.92 bits per heavy atom. The van der Waals surface area contributed by atoms with Gasteiger partial charge in [0.2, 0.25) is 5.91 Å². The van der Waals surface area contributed by atoms with Gasteiger partial charge < -0.3 is 10.2 Å². The molecular formula is C19H25N3O2S. The van der Waals surface area contributed by atoms with Crippen LogP contribution in [0.3, 0.4) is 0 Å². The van der Waals surface area contributed by atoms with E-state index in [0.29, 0.717) is 10.7 Å². The maximum absolute atomic E-state index is 12.9. The summed E-state index contributed by atoms with van der Waals surface area (Å²) in [4.78, 5) is 32.4. The molecule has 1 atom stereocenters. The molecule has 1 heterocycles. The lowest BCUT2D eigenvalue weighted by Gasteiger charge is -2.28. The van der Waals surface area contributed by atoms with E-state index in [1.807, 2.05) is 52.8 Å². The molecule has 1 aromatic carbocycles. The Kier molecular flexibility index (Phi) is 6.31. The van der Waals surface area contributed by atoms with Crippen LogP contribution in [0.15, 0.2) is 24.3 Å². The number of hydrogen-bond acceptors (Lipinski definition) is 4. The third kappa shape index (κ3) is 4.66. The van der Waals surface area contributed by atoms with Gasteiger partial charge >= 0.3 is 0 Å². The van der Waals surface area contributed by atoms with Crippen molar-refractivity contribution in [2.45, 2.75) is 47.1 Å². The molecule has 0 aliphatic carbocycles. The van der Waals surface area contributed by atoms with Crippen LogP contribution in [0, 0.1) is 20.8 Å². The van der Waals surface area contributed by atoms with E-state index < -0.39 is 0 Å². The molecule has 0 aliphatic rings. The fraction of sp³-hybridized carbons (Fsp3) is 0.421. The second-order valence-electron chi connectivity index (χ2n) is 6.21. The molecule has 134 valence electrons. The van der Waals surface area contributed by atoms with Crippen molar-refractivity contribution in [3.63, 3.8) is 0 Å². The van der Waals surface area contributed by atoms with Crippen LogP contribution in [-0.2, 0) is 4.79 Å². The summed E-state index contributed by atoms with van der Waals surface area (Å²) < 4.78 is 0. The molecule has 1 aromatic heterocycles. The fourth-order valence-electron chi connectivity index (χ4n) is 2.46. The van der Waals surface area contributed by atoms with Gasteiger partial charge in [-0.15, -0.1) is 11.3 Å². The standard InChI is InChI=1S/C19H25N3O2S/c1-6-13(3)22(18(24)16-10-8-7-9-12(16)2)11-17(23)21-19-20-14(4)15(5)25-19/h7-10,13H,6,11H2,1-5H3,(H,20,21,23). The minimum atomic E-state index is -0.226. The molecule has 0 saturated carbocycles. The van der Waals surface area contributed by atoms with E-state index in [2.05, 4.69) is 10.3 Å². The van der Waals surface area contributed by atoms with E-state index in [-0.39, 0.29) is 24.4 Å². The fourth-order valence-corrected chi connectivity index (χ4v) is 3.29. The summed E-state index contributed by atoms with van der Waals surface area (Å²) in [7, 11) is 0. The second kappa shape index (κ2) is 8.25. The number of carbonyl (C=O) groups is 2. The highest BCUT2D eigenvalue weighted by atomic mass is 32.1. The Balaban J connectivity index is 2.16. The van der Waals surface area contributed by atoms with E-state index in [9.17, 15) is 9.59 Å². The second-order valence-corrected chi connectivity index (χ2v) is 7.42. The first-order chi connectivity index (χ1) is 11.8. The zero-order valence-corrected chi connectivity index (χ0v) is 16.2. The van der Waals surface area contributed by atoms with Crippen molar-refractivity contribution >= 4 is 28.3 Å². The van der Waals surface area contributed by atoms with Crippen molar-refractivity contribution in [3.8, 4) is 0 Å². The third-order valence-corrected chi connectivity index (χ3v) is 5.34. The van der Waals surface area contributed by atoms with Crippen LogP contribution in [0.2, 0.25) is 0 Å². The summed E-state index contributed by atoms with van der Waals surface area (Å²) in [5, 5.41) is 3.38. The highest BCUT2D eigenvalue weighted by molar-refractivity contribution is 7.15. The Morgan fingerprint density at radius 3 is 2.48 bits per heavy atom. The lowest BCUT2D eigenvalue weighted by Crippen LogP contribution is -2.43. The smallest absolute Gasteiger partial charge is 0.254 e. The van der Waals surface area contributed by atoms with Gasteiger partial charge in [-0.25, -0.2) is 4.98 Å². The van der Waals surface area contributed by atoms with Gasteiger partial charge in [0.25, 0.3) is 5.91 Å². The van der Waals surface area contributed by atoms with Gasteiger partial charge in [0.1, 0.15) is 6.54 Å².